The van der Waals surface area contributed by atoms with E-state index in [0.29, 0.717) is 32.1 Å². The van der Waals surface area contributed by atoms with Gasteiger partial charge in [0, 0.05) is 32.1 Å². The Hall–Kier alpha value is -0.890. The highest BCUT2D eigenvalue weighted by atomic mass is 16.6. The van der Waals surface area contributed by atoms with Crippen molar-refractivity contribution in [1.29, 1.82) is 0 Å². The van der Waals surface area contributed by atoms with Crippen LogP contribution in [0, 0.1) is 11.8 Å². The highest BCUT2D eigenvalue weighted by Crippen LogP contribution is 2.27. The number of carbonyl (C=O) groups excluding carboxylic acids is 1. The second-order valence-electron chi connectivity index (χ2n) is 8.53. The molecule has 2 fully saturated rings. The van der Waals surface area contributed by atoms with Gasteiger partial charge in [0.15, 0.2) is 0 Å². The number of ether oxygens (including phenoxy) is 1. The number of carbonyl (C=O) groups is 1. The third-order valence-corrected chi connectivity index (χ3v) is 5.38. The predicted molar refractivity (Wildman–Crippen MR) is 94.2 cm³/mol. The van der Waals surface area contributed by atoms with Crippen LogP contribution in [0.25, 0.3) is 0 Å². The maximum Gasteiger partial charge on any atom is 0.410 e. The zero-order valence-corrected chi connectivity index (χ0v) is 15.9. The van der Waals surface area contributed by atoms with E-state index in [1.807, 2.05) is 32.6 Å². The molecule has 0 aromatic carbocycles. The molecule has 7 heteroatoms. The zero-order chi connectivity index (χ0) is 18.8. The monoisotopic (exact) mass is 358 g/mol. The Labute approximate surface area is 150 Å². The van der Waals surface area contributed by atoms with Gasteiger partial charge < -0.3 is 25.0 Å². The van der Waals surface area contributed by atoms with Crippen molar-refractivity contribution in [1.82, 2.24) is 9.80 Å². The number of hydrogen-bond donors (Lipinski definition) is 3. The quantitative estimate of drug-likeness (QED) is 0.687. The van der Waals surface area contributed by atoms with Gasteiger partial charge in [-0.15, -0.1) is 0 Å². The van der Waals surface area contributed by atoms with Crippen molar-refractivity contribution < 1.29 is 24.9 Å². The topological polar surface area (TPSA) is 93.5 Å². The van der Waals surface area contributed by atoms with Crippen molar-refractivity contribution in [3.63, 3.8) is 0 Å². The normalized spacial score (nSPS) is 32.7. The lowest BCUT2D eigenvalue weighted by molar-refractivity contribution is -0.107. The molecule has 2 saturated heterocycles. The van der Waals surface area contributed by atoms with Gasteiger partial charge in [-0.2, -0.15) is 0 Å². The average Bonchev–Trinajstić information content (AvgIpc) is 2.52. The molecule has 0 bridgehead atoms. The molecule has 2 aliphatic heterocycles. The van der Waals surface area contributed by atoms with Crippen molar-refractivity contribution >= 4 is 6.09 Å². The molecule has 146 valence electrons. The molecule has 0 spiro atoms. The minimum absolute atomic E-state index is 0.116. The third-order valence-electron chi connectivity index (χ3n) is 5.38. The number of nitrogens with zero attached hydrogens (tertiary/aromatic N) is 2. The van der Waals surface area contributed by atoms with Gasteiger partial charge in [0.25, 0.3) is 0 Å². The first-order valence-corrected chi connectivity index (χ1v) is 9.31. The molecule has 2 heterocycles. The SMILES string of the molecule is C[C@H]1[C@H](O)[C@@H](CO)N(CC2CCN(C(=O)OC(C)(C)C)CC2)C[C@@H]1O. The van der Waals surface area contributed by atoms with Gasteiger partial charge in [-0.25, -0.2) is 4.79 Å². The molecule has 4 atom stereocenters. The van der Waals surface area contributed by atoms with Crippen LogP contribution in [0.5, 0.6) is 0 Å². The molecule has 7 nitrogen and oxygen atoms in total. The standard InChI is InChI=1S/C18H34N2O5/c1-12-15(22)10-20(14(11-21)16(12)23)9-13-5-7-19(8-6-13)17(24)25-18(2,3)4/h12-16,21-23H,5-11H2,1-4H3/t12-,14-,15+,16+/m1/s1. The van der Waals surface area contributed by atoms with Crippen molar-refractivity contribution in [2.24, 2.45) is 11.8 Å². The maximum absolute atomic E-state index is 12.1. The van der Waals surface area contributed by atoms with Gasteiger partial charge in [-0.3, -0.25) is 4.90 Å². The number of aliphatic hydroxyl groups excluding tert-OH is 3. The molecule has 0 aliphatic carbocycles. The van der Waals surface area contributed by atoms with Crippen LogP contribution in [0.1, 0.15) is 40.5 Å². The molecule has 25 heavy (non-hydrogen) atoms. The Kier molecular flexibility index (Phi) is 6.70. The van der Waals surface area contributed by atoms with Gasteiger partial charge in [0.2, 0.25) is 0 Å². The largest absolute Gasteiger partial charge is 0.444 e. The summed E-state index contributed by atoms with van der Waals surface area (Å²) in [5, 5.41) is 30.1. The molecule has 2 rings (SSSR count). The Morgan fingerprint density at radius 2 is 1.80 bits per heavy atom. The Morgan fingerprint density at radius 3 is 2.32 bits per heavy atom. The van der Waals surface area contributed by atoms with Crippen LogP contribution in [0.3, 0.4) is 0 Å². The Morgan fingerprint density at radius 1 is 1.20 bits per heavy atom. The van der Waals surface area contributed by atoms with Gasteiger partial charge in [0.05, 0.1) is 24.9 Å². The smallest absolute Gasteiger partial charge is 0.410 e. The summed E-state index contributed by atoms with van der Waals surface area (Å²) in [5.74, 6) is 0.142. The highest BCUT2D eigenvalue weighted by Gasteiger charge is 2.40. The van der Waals surface area contributed by atoms with Crippen LogP contribution in [0.4, 0.5) is 4.79 Å². The number of β-amino-alcohol motifs (C(OH)–C–C–N with tert-alkyl or cyclic N) is 1. The van der Waals surface area contributed by atoms with Gasteiger partial charge >= 0.3 is 6.09 Å². The summed E-state index contributed by atoms with van der Waals surface area (Å²) in [6.07, 6.45) is 0.137. The molecule has 3 N–H and O–H groups in total. The molecule has 2 aliphatic rings. The van der Waals surface area contributed by atoms with E-state index in [1.54, 1.807) is 4.90 Å². The van der Waals surface area contributed by atoms with Crippen LogP contribution in [-0.4, -0.2) is 87.8 Å². The van der Waals surface area contributed by atoms with Gasteiger partial charge in [0.1, 0.15) is 5.60 Å². The average molecular weight is 358 g/mol. The zero-order valence-electron chi connectivity index (χ0n) is 15.9. The van der Waals surface area contributed by atoms with E-state index < -0.39 is 17.8 Å². The Balaban J connectivity index is 1.86. The molecule has 0 unspecified atom stereocenters. The van der Waals surface area contributed by atoms with Gasteiger partial charge in [-0.05, 0) is 39.5 Å². The Bertz CT molecular complexity index is 445. The summed E-state index contributed by atoms with van der Waals surface area (Å²) < 4.78 is 5.41. The number of hydrogen-bond acceptors (Lipinski definition) is 6. The molecular formula is C18H34N2O5. The van der Waals surface area contributed by atoms with E-state index in [-0.39, 0.29) is 24.7 Å². The van der Waals surface area contributed by atoms with Crippen molar-refractivity contribution in [2.45, 2.75) is 64.4 Å². The summed E-state index contributed by atoms with van der Waals surface area (Å²) in [4.78, 5) is 15.9. The summed E-state index contributed by atoms with van der Waals surface area (Å²) in [6.45, 7) is 9.77. The van der Waals surface area contributed by atoms with Crippen LogP contribution in [0.15, 0.2) is 0 Å². The van der Waals surface area contributed by atoms with E-state index in [0.717, 1.165) is 12.8 Å². The molecule has 1 amide bonds. The molecule has 0 aromatic rings. The number of amides is 1. The summed E-state index contributed by atoms with van der Waals surface area (Å²) >= 11 is 0. The van der Waals surface area contributed by atoms with Crippen LogP contribution >= 0.6 is 0 Å². The maximum atomic E-state index is 12.1. The second-order valence-corrected chi connectivity index (χ2v) is 8.53. The van der Waals surface area contributed by atoms with Crippen LogP contribution in [-0.2, 0) is 4.74 Å². The summed E-state index contributed by atoms with van der Waals surface area (Å²) in [5.41, 5.74) is -0.487. The summed E-state index contributed by atoms with van der Waals surface area (Å²) in [7, 11) is 0. The molecule has 0 aromatic heterocycles. The number of piperidine rings is 2. The second kappa shape index (κ2) is 8.20. The minimum atomic E-state index is -0.726. The van der Waals surface area contributed by atoms with E-state index in [2.05, 4.69) is 0 Å². The van der Waals surface area contributed by atoms with Crippen LogP contribution in [0.2, 0.25) is 0 Å². The third kappa shape index (κ3) is 5.29. The van der Waals surface area contributed by atoms with E-state index >= 15 is 0 Å². The minimum Gasteiger partial charge on any atom is -0.444 e. The number of rotatable bonds is 3. The number of likely N-dealkylation sites (tertiary alicyclic amines) is 2. The van der Waals surface area contributed by atoms with Crippen LogP contribution < -0.4 is 0 Å². The predicted octanol–water partition coefficient (Wildman–Crippen LogP) is 0.668. The van der Waals surface area contributed by atoms with Crippen molar-refractivity contribution in [3.05, 3.63) is 0 Å². The lowest BCUT2D eigenvalue weighted by atomic mass is 9.85. The van der Waals surface area contributed by atoms with E-state index in [9.17, 15) is 20.1 Å². The lowest BCUT2D eigenvalue weighted by Crippen LogP contribution is -2.60. The molecule has 0 saturated carbocycles. The first kappa shape index (κ1) is 20.4. The van der Waals surface area contributed by atoms with Crippen molar-refractivity contribution in [2.75, 3.05) is 32.8 Å². The van der Waals surface area contributed by atoms with Gasteiger partial charge in [-0.1, -0.05) is 6.92 Å². The van der Waals surface area contributed by atoms with Crippen molar-refractivity contribution in [3.8, 4) is 0 Å². The first-order valence-electron chi connectivity index (χ1n) is 9.31. The van der Waals surface area contributed by atoms with E-state index in [4.69, 9.17) is 4.74 Å². The fraction of sp³-hybridized carbons (Fsp3) is 0.944. The fourth-order valence-corrected chi connectivity index (χ4v) is 3.73. The van der Waals surface area contributed by atoms with E-state index in [1.165, 1.54) is 0 Å². The lowest BCUT2D eigenvalue weighted by Gasteiger charge is -2.46. The fourth-order valence-electron chi connectivity index (χ4n) is 3.73. The highest BCUT2D eigenvalue weighted by molar-refractivity contribution is 5.68. The molecular weight excluding hydrogens is 324 g/mol. The molecule has 0 radical (unpaired) electrons. The first-order chi connectivity index (χ1) is 11.6. The number of aliphatic hydroxyl groups is 3. The summed E-state index contributed by atoms with van der Waals surface area (Å²) in [6, 6.07) is -0.331.